The molecule has 4 fully saturated rings. The maximum Gasteiger partial charge on any atom is 0.229 e. The molecule has 2 aliphatic carbocycles. The fraction of sp³-hybridized carbons (Fsp3) is 0.737. The highest BCUT2D eigenvalue weighted by atomic mass is 16.2. The van der Waals surface area contributed by atoms with E-state index in [4.69, 9.17) is 0 Å². The molecule has 24 heavy (non-hydrogen) atoms. The van der Waals surface area contributed by atoms with Gasteiger partial charge in [0.05, 0.1) is 0 Å². The first-order valence-electron chi connectivity index (χ1n) is 9.47. The van der Waals surface area contributed by atoms with E-state index in [2.05, 4.69) is 17.1 Å². The molecule has 5 heteroatoms. The molecule has 1 saturated carbocycles. The van der Waals surface area contributed by atoms with Crippen LogP contribution in [0.1, 0.15) is 51.4 Å². The minimum atomic E-state index is -0.0117. The van der Waals surface area contributed by atoms with Crippen molar-refractivity contribution in [3.05, 3.63) is 12.2 Å². The Morgan fingerprint density at radius 1 is 0.875 bits per heavy atom. The number of piperidine rings is 1. The van der Waals surface area contributed by atoms with Crippen molar-refractivity contribution in [3.8, 4) is 0 Å². The van der Waals surface area contributed by atoms with Crippen molar-refractivity contribution < 1.29 is 14.4 Å². The third-order valence-electron chi connectivity index (χ3n) is 7.01. The fourth-order valence-electron chi connectivity index (χ4n) is 5.98. The minimum absolute atomic E-state index is 0.0117. The molecule has 3 amide bonds. The van der Waals surface area contributed by atoms with E-state index in [1.165, 1.54) is 4.90 Å². The van der Waals surface area contributed by atoms with E-state index < -0.39 is 0 Å². The van der Waals surface area contributed by atoms with Gasteiger partial charge in [-0.15, -0.1) is 0 Å². The molecule has 3 aliphatic heterocycles. The Bertz CT molecular complexity index is 613. The molecule has 0 radical (unpaired) electrons. The number of carbonyl (C=O) groups is 3. The molecule has 5 aliphatic rings. The van der Waals surface area contributed by atoms with E-state index in [0.717, 1.165) is 38.5 Å². The molecule has 0 aromatic rings. The maximum atomic E-state index is 13.2. The molecule has 5 rings (SSSR count). The lowest BCUT2D eigenvalue weighted by Gasteiger charge is -2.43. The fourth-order valence-corrected chi connectivity index (χ4v) is 5.98. The van der Waals surface area contributed by atoms with Crippen LogP contribution in [0.4, 0.5) is 0 Å². The summed E-state index contributed by atoms with van der Waals surface area (Å²) in [5.41, 5.74) is 0. The van der Waals surface area contributed by atoms with E-state index in [1.54, 1.807) is 0 Å². The standard InChI is InChI=1S/C19H24N2O3/c22-17-5-6-18(23)21(17)15-9-13-3-4-14(10-15)20(13)19(24)16-8-11-1-2-12(16)7-11/h1-2,11-16H,3-10H2. The number of allylic oxidation sites excluding steroid dienone is 2. The van der Waals surface area contributed by atoms with Crippen LogP contribution in [0.3, 0.4) is 0 Å². The number of nitrogens with zero attached hydrogens (tertiary/aromatic N) is 2. The van der Waals surface area contributed by atoms with Gasteiger partial charge in [0, 0.05) is 36.9 Å². The van der Waals surface area contributed by atoms with Gasteiger partial charge in [0.2, 0.25) is 17.7 Å². The van der Waals surface area contributed by atoms with E-state index in [-0.39, 0.29) is 35.9 Å². The molecule has 0 aromatic carbocycles. The quantitative estimate of drug-likeness (QED) is 0.574. The Kier molecular flexibility index (Phi) is 3.16. The number of hydrogen-bond acceptors (Lipinski definition) is 3. The van der Waals surface area contributed by atoms with Crippen LogP contribution in [-0.2, 0) is 14.4 Å². The first-order valence-corrected chi connectivity index (χ1v) is 9.47. The largest absolute Gasteiger partial charge is 0.336 e. The average Bonchev–Trinajstić information content (AvgIpc) is 3.31. The minimum Gasteiger partial charge on any atom is -0.336 e. The van der Waals surface area contributed by atoms with Crippen molar-refractivity contribution >= 4 is 17.7 Å². The molecule has 3 saturated heterocycles. The Balaban J connectivity index is 1.33. The van der Waals surface area contributed by atoms with Crippen molar-refractivity contribution in [3.63, 3.8) is 0 Å². The zero-order valence-corrected chi connectivity index (χ0v) is 13.9. The summed E-state index contributed by atoms with van der Waals surface area (Å²) in [6.45, 7) is 0. The summed E-state index contributed by atoms with van der Waals surface area (Å²) >= 11 is 0. The highest BCUT2D eigenvalue weighted by Crippen LogP contribution is 2.47. The van der Waals surface area contributed by atoms with Crippen molar-refractivity contribution in [1.82, 2.24) is 9.80 Å². The molecular weight excluding hydrogens is 304 g/mol. The molecular formula is C19H24N2O3. The lowest BCUT2D eigenvalue weighted by molar-refractivity contribution is -0.146. The van der Waals surface area contributed by atoms with Crippen LogP contribution in [0.2, 0.25) is 0 Å². The second-order valence-corrected chi connectivity index (χ2v) is 8.30. The summed E-state index contributed by atoms with van der Waals surface area (Å²) < 4.78 is 0. The predicted octanol–water partition coefficient (Wildman–Crippen LogP) is 1.87. The SMILES string of the molecule is O=C1CCC(=O)N1C1CC2CCC(C1)N2C(=O)C1CC2C=CC1C2. The molecule has 3 heterocycles. The molecule has 5 unspecified atom stereocenters. The van der Waals surface area contributed by atoms with Gasteiger partial charge in [0.15, 0.2) is 0 Å². The van der Waals surface area contributed by atoms with Crippen LogP contribution in [0.15, 0.2) is 12.2 Å². The van der Waals surface area contributed by atoms with Crippen LogP contribution >= 0.6 is 0 Å². The van der Waals surface area contributed by atoms with Gasteiger partial charge in [-0.3, -0.25) is 19.3 Å². The van der Waals surface area contributed by atoms with Crippen molar-refractivity contribution in [2.75, 3.05) is 0 Å². The monoisotopic (exact) mass is 328 g/mol. The first kappa shape index (κ1) is 14.7. The van der Waals surface area contributed by atoms with Crippen LogP contribution in [0.5, 0.6) is 0 Å². The van der Waals surface area contributed by atoms with Crippen molar-refractivity contribution in [2.24, 2.45) is 17.8 Å². The molecule has 5 nitrogen and oxygen atoms in total. The normalized spacial score (nSPS) is 43.3. The number of rotatable bonds is 2. The Morgan fingerprint density at radius 3 is 2.08 bits per heavy atom. The second kappa shape index (κ2) is 5.17. The van der Waals surface area contributed by atoms with Crippen molar-refractivity contribution in [2.45, 2.75) is 69.5 Å². The highest BCUT2D eigenvalue weighted by Gasteiger charge is 2.51. The van der Waals surface area contributed by atoms with Crippen LogP contribution in [-0.4, -0.2) is 45.6 Å². The topological polar surface area (TPSA) is 57.7 Å². The Morgan fingerprint density at radius 2 is 1.54 bits per heavy atom. The van der Waals surface area contributed by atoms with Gasteiger partial charge < -0.3 is 4.90 Å². The summed E-state index contributed by atoms with van der Waals surface area (Å²) in [5.74, 6) is 1.55. The zero-order chi connectivity index (χ0) is 16.4. The molecule has 128 valence electrons. The number of likely N-dealkylation sites (tertiary alicyclic amines) is 1. The summed E-state index contributed by atoms with van der Waals surface area (Å²) in [5, 5.41) is 0. The summed E-state index contributed by atoms with van der Waals surface area (Å²) in [7, 11) is 0. The molecule has 0 aromatic heterocycles. The predicted molar refractivity (Wildman–Crippen MR) is 86.6 cm³/mol. The smallest absolute Gasteiger partial charge is 0.229 e. The van der Waals surface area contributed by atoms with Gasteiger partial charge in [-0.05, 0) is 50.4 Å². The van der Waals surface area contributed by atoms with E-state index in [0.29, 0.717) is 30.6 Å². The summed E-state index contributed by atoms with van der Waals surface area (Å²) in [6, 6.07) is 0.477. The van der Waals surface area contributed by atoms with Crippen LogP contribution < -0.4 is 0 Å². The second-order valence-electron chi connectivity index (χ2n) is 8.30. The molecule has 0 spiro atoms. The van der Waals surface area contributed by atoms with E-state index in [9.17, 15) is 14.4 Å². The van der Waals surface area contributed by atoms with Gasteiger partial charge in [-0.25, -0.2) is 0 Å². The number of amides is 3. The number of imide groups is 1. The summed E-state index contributed by atoms with van der Waals surface area (Å²) in [6.07, 6.45) is 11.1. The van der Waals surface area contributed by atoms with Gasteiger partial charge >= 0.3 is 0 Å². The van der Waals surface area contributed by atoms with Crippen LogP contribution in [0, 0.1) is 17.8 Å². The number of fused-ring (bicyclic) bond motifs is 4. The van der Waals surface area contributed by atoms with Gasteiger partial charge in [0.25, 0.3) is 0 Å². The molecule has 4 bridgehead atoms. The third-order valence-corrected chi connectivity index (χ3v) is 7.01. The van der Waals surface area contributed by atoms with Gasteiger partial charge in [-0.2, -0.15) is 0 Å². The molecule has 0 N–H and O–H groups in total. The third kappa shape index (κ3) is 2.02. The number of hydrogen-bond donors (Lipinski definition) is 0. The maximum absolute atomic E-state index is 13.2. The Labute approximate surface area is 142 Å². The van der Waals surface area contributed by atoms with Gasteiger partial charge in [0.1, 0.15) is 0 Å². The highest BCUT2D eigenvalue weighted by molar-refractivity contribution is 6.02. The first-order chi connectivity index (χ1) is 11.6. The number of carbonyl (C=O) groups excluding carboxylic acids is 3. The zero-order valence-electron chi connectivity index (χ0n) is 13.9. The van der Waals surface area contributed by atoms with Crippen molar-refractivity contribution in [1.29, 1.82) is 0 Å². The van der Waals surface area contributed by atoms with Crippen LogP contribution in [0.25, 0.3) is 0 Å². The Hall–Kier alpha value is -1.65. The van der Waals surface area contributed by atoms with E-state index >= 15 is 0 Å². The lowest BCUT2D eigenvalue weighted by atomic mass is 9.89. The summed E-state index contributed by atoms with van der Waals surface area (Å²) in [4.78, 5) is 40.9. The lowest BCUT2D eigenvalue weighted by Crippen LogP contribution is -2.55. The van der Waals surface area contributed by atoms with Gasteiger partial charge in [-0.1, -0.05) is 12.2 Å². The average molecular weight is 328 g/mol. The van der Waals surface area contributed by atoms with E-state index in [1.807, 2.05) is 0 Å². The molecule has 5 atom stereocenters.